The van der Waals surface area contributed by atoms with Gasteiger partial charge in [-0.1, -0.05) is 41.4 Å². The number of methoxy groups -OCH3 is 1. The first-order valence-electron chi connectivity index (χ1n) is 8.86. The Hall–Kier alpha value is -1.79. The first-order valence-corrected chi connectivity index (χ1v) is 9.62. The average Bonchev–Trinajstić information content (AvgIpc) is 2.67. The lowest BCUT2D eigenvalue weighted by Gasteiger charge is -2.34. The fraction of sp³-hybridized carbons (Fsp3) is 0.350. The van der Waals surface area contributed by atoms with E-state index in [-0.39, 0.29) is 5.91 Å². The monoisotopic (exact) mass is 407 g/mol. The molecule has 1 aliphatic rings. The molecule has 0 bridgehead atoms. The Kier molecular flexibility index (Phi) is 6.96. The van der Waals surface area contributed by atoms with E-state index in [1.54, 1.807) is 25.3 Å². The van der Waals surface area contributed by atoms with Gasteiger partial charge in [-0.25, -0.2) is 0 Å². The van der Waals surface area contributed by atoms with Crippen LogP contribution in [-0.4, -0.2) is 55.5 Å². The summed E-state index contributed by atoms with van der Waals surface area (Å²) in [4.78, 5) is 16.8. The van der Waals surface area contributed by atoms with Gasteiger partial charge < -0.3 is 10.1 Å². The van der Waals surface area contributed by atoms with Gasteiger partial charge in [-0.15, -0.1) is 0 Å². The Bertz CT molecular complexity index is 793. The van der Waals surface area contributed by atoms with Gasteiger partial charge in [0.1, 0.15) is 5.75 Å². The molecule has 1 heterocycles. The number of hydrogen-bond donors (Lipinski definition) is 1. The molecule has 0 unspecified atom stereocenters. The van der Waals surface area contributed by atoms with Crippen LogP contribution in [0.3, 0.4) is 0 Å². The number of rotatable bonds is 6. The van der Waals surface area contributed by atoms with E-state index in [4.69, 9.17) is 27.9 Å². The van der Waals surface area contributed by atoms with Crippen molar-refractivity contribution < 1.29 is 9.53 Å². The summed E-state index contributed by atoms with van der Waals surface area (Å²) < 4.78 is 5.28. The van der Waals surface area contributed by atoms with Gasteiger partial charge in [-0.2, -0.15) is 0 Å². The number of ether oxygens (including phenoxy) is 1. The second-order valence-corrected chi connectivity index (χ2v) is 7.34. The number of carbonyl (C=O) groups is 1. The molecule has 144 valence electrons. The Labute approximate surface area is 169 Å². The Morgan fingerprint density at radius 2 is 1.78 bits per heavy atom. The predicted octanol–water partition coefficient (Wildman–Crippen LogP) is 3.76. The summed E-state index contributed by atoms with van der Waals surface area (Å²) in [7, 11) is 1.68. The highest BCUT2D eigenvalue weighted by molar-refractivity contribution is 6.44. The lowest BCUT2D eigenvalue weighted by molar-refractivity contribution is -0.117. The largest absolute Gasteiger partial charge is 0.497 e. The quantitative estimate of drug-likeness (QED) is 0.791. The first kappa shape index (κ1) is 20.0. The van der Waals surface area contributed by atoms with Gasteiger partial charge in [0, 0.05) is 32.7 Å². The van der Waals surface area contributed by atoms with Gasteiger partial charge in [0.15, 0.2) is 0 Å². The van der Waals surface area contributed by atoms with Crippen molar-refractivity contribution in [3.8, 4) is 5.75 Å². The van der Waals surface area contributed by atoms with Crippen molar-refractivity contribution in [3.05, 3.63) is 58.1 Å². The highest BCUT2D eigenvalue weighted by Crippen LogP contribution is 2.29. The summed E-state index contributed by atoms with van der Waals surface area (Å²) in [6, 6.07) is 13.3. The third-order valence-electron chi connectivity index (χ3n) is 4.60. The highest BCUT2D eigenvalue weighted by atomic mass is 35.5. The Morgan fingerprint density at radius 3 is 2.52 bits per heavy atom. The van der Waals surface area contributed by atoms with E-state index in [0.717, 1.165) is 38.5 Å². The molecule has 1 amide bonds. The van der Waals surface area contributed by atoms with Gasteiger partial charge >= 0.3 is 0 Å². The average molecular weight is 408 g/mol. The maximum atomic E-state index is 12.3. The van der Waals surface area contributed by atoms with Gasteiger partial charge in [0.2, 0.25) is 5.91 Å². The molecule has 1 fully saturated rings. The fourth-order valence-electron chi connectivity index (χ4n) is 3.13. The summed E-state index contributed by atoms with van der Waals surface area (Å²) in [5, 5.41) is 3.64. The third kappa shape index (κ3) is 5.59. The van der Waals surface area contributed by atoms with Crippen molar-refractivity contribution in [2.75, 3.05) is 45.2 Å². The van der Waals surface area contributed by atoms with Crippen LogP contribution in [0, 0.1) is 0 Å². The maximum absolute atomic E-state index is 12.3. The molecule has 27 heavy (non-hydrogen) atoms. The van der Waals surface area contributed by atoms with Crippen LogP contribution < -0.4 is 10.1 Å². The second-order valence-electron chi connectivity index (χ2n) is 6.55. The zero-order valence-electron chi connectivity index (χ0n) is 15.3. The van der Waals surface area contributed by atoms with Crippen molar-refractivity contribution >= 4 is 34.8 Å². The standard InChI is InChI=1S/C20H23Cl2N3O2/c1-27-16-5-2-4-15(12-16)13-24-8-10-25(11-9-24)14-19(26)23-18-7-3-6-17(21)20(18)22/h2-7,12H,8-11,13-14H2,1H3,(H,23,26). The van der Waals surface area contributed by atoms with E-state index in [9.17, 15) is 4.79 Å². The molecule has 1 N–H and O–H groups in total. The lowest BCUT2D eigenvalue weighted by atomic mass is 10.2. The summed E-state index contributed by atoms with van der Waals surface area (Å²) in [5.74, 6) is 0.794. The number of anilines is 1. The molecule has 0 aliphatic carbocycles. The smallest absolute Gasteiger partial charge is 0.238 e. The van der Waals surface area contributed by atoms with Crippen LogP contribution in [0.2, 0.25) is 10.0 Å². The predicted molar refractivity (Wildman–Crippen MR) is 110 cm³/mol. The molecular weight excluding hydrogens is 385 g/mol. The molecule has 0 saturated carbocycles. The molecule has 0 spiro atoms. The second kappa shape index (κ2) is 9.42. The Balaban J connectivity index is 1.46. The van der Waals surface area contributed by atoms with Crippen molar-refractivity contribution in [2.24, 2.45) is 0 Å². The normalized spacial score (nSPS) is 15.5. The molecular formula is C20H23Cl2N3O2. The van der Waals surface area contributed by atoms with Crippen LogP contribution in [-0.2, 0) is 11.3 Å². The molecule has 0 atom stereocenters. The zero-order valence-corrected chi connectivity index (χ0v) is 16.8. The molecule has 2 aromatic rings. The zero-order chi connectivity index (χ0) is 19.2. The van der Waals surface area contributed by atoms with E-state index in [0.29, 0.717) is 22.3 Å². The minimum atomic E-state index is -0.0830. The van der Waals surface area contributed by atoms with E-state index in [2.05, 4.69) is 27.2 Å². The number of benzene rings is 2. The van der Waals surface area contributed by atoms with Crippen molar-refractivity contribution in [1.82, 2.24) is 9.80 Å². The molecule has 5 nitrogen and oxygen atoms in total. The summed E-state index contributed by atoms with van der Waals surface area (Å²) in [6.07, 6.45) is 0. The number of amides is 1. The minimum Gasteiger partial charge on any atom is -0.497 e. The number of nitrogens with zero attached hydrogens (tertiary/aromatic N) is 2. The number of piperazine rings is 1. The molecule has 7 heteroatoms. The van der Waals surface area contributed by atoms with Crippen LogP contribution in [0.4, 0.5) is 5.69 Å². The fourth-order valence-corrected chi connectivity index (χ4v) is 3.48. The van der Waals surface area contributed by atoms with E-state index in [1.807, 2.05) is 12.1 Å². The molecule has 2 aromatic carbocycles. The molecule has 0 aromatic heterocycles. The van der Waals surface area contributed by atoms with Gasteiger partial charge in [0.05, 0.1) is 29.4 Å². The molecule has 0 radical (unpaired) electrons. The maximum Gasteiger partial charge on any atom is 0.238 e. The van der Waals surface area contributed by atoms with Crippen LogP contribution in [0.25, 0.3) is 0 Å². The van der Waals surface area contributed by atoms with Crippen molar-refractivity contribution in [1.29, 1.82) is 0 Å². The van der Waals surface area contributed by atoms with Gasteiger partial charge in [0.25, 0.3) is 0 Å². The van der Waals surface area contributed by atoms with Crippen LogP contribution in [0.15, 0.2) is 42.5 Å². The number of halogens is 2. The van der Waals surface area contributed by atoms with Crippen LogP contribution >= 0.6 is 23.2 Å². The minimum absolute atomic E-state index is 0.0830. The van der Waals surface area contributed by atoms with Crippen LogP contribution in [0.5, 0.6) is 5.75 Å². The first-order chi connectivity index (χ1) is 13.0. The van der Waals surface area contributed by atoms with Gasteiger partial charge in [-0.3, -0.25) is 14.6 Å². The van der Waals surface area contributed by atoms with Crippen molar-refractivity contribution in [2.45, 2.75) is 6.54 Å². The van der Waals surface area contributed by atoms with E-state index in [1.165, 1.54) is 5.56 Å². The number of hydrogen-bond acceptors (Lipinski definition) is 4. The lowest BCUT2D eigenvalue weighted by Crippen LogP contribution is -2.48. The molecule has 1 aliphatic heterocycles. The Morgan fingerprint density at radius 1 is 1.07 bits per heavy atom. The summed E-state index contributed by atoms with van der Waals surface area (Å²) >= 11 is 12.1. The SMILES string of the molecule is COc1cccc(CN2CCN(CC(=O)Nc3cccc(Cl)c3Cl)CC2)c1. The highest BCUT2D eigenvalue weighted by Gasteiger charge is 2.19. The number of carbonyl (C=O) groups excluding carboxylic acids is 1. The topological polar surface area (TPSA) is 44.8 Å². The molecule has 1 saturated heterocycles. The number of nitrogens with one attached hydrogen (secondary N) is 1. The van der Waals surface area contributed by atoms with Crippen LogP contribution in [0.1, 0.15) is 5.56 Å². The summed E-state index contributed by atoms with van der Waals surface area (Å²) in [6.45, 7) is 4.76. The third-order valence-corrected chi connectivity index (χ3v) is 5.42. The van der Waals surface area contributed by atoms with E-state index < -0.39 is 0 Å². The van der Waals surface area contributed by atoms with E-state index >= 15 is 0 Å². The molecule has 3 rings (SSSR count). The van der Waals surface area contributed by atoms with Crippen molar-refractivity contribution in [3.63, 3.8) is 0 Å². The summed E-state index contributed by atoms with van der Waals surface area (Å²) in [5.41, 5.74) is 1.78. The van der Waals surface area contributed by atoms with Gasteiger partial charge in [-0.05, 0) is 29.8 Å².